The molecule has 2 N–H and O–H groups in total. The van der Waals surface area contributed by atoms with Gasteiger partial charge in [0.15, 0.2) is 5.78 Å². The van der Waals surface area contributed by atoms with E-state index in [1.54, 1.807) is 41.9 Å². The summed E-state index contributed by atoms with van der Waals surface area (Å²) in [6.07, 6.45) is 2.63. The van der Waals surface area contributed by atoms with E-state index in [0.29, 0.717) is 30.6 Å². The molecule has 0 fully saturated rings. The van der Waals surface area contributed by atoms with Crippen LogP contribution < -0.4 is 10.6 Å². The first-order valence-corrected chi connectivity index (χ1v) is 10.9. The smallest absolute Gasteiger partial charge is 0.221 e. The number of rotatable bonds is 8. The van der Waals surface area contributed by atoms with Gasteiger partial charge in [0, 0.05) is 42.1 Å². The lowest BCUT2D eigenvalue weighted by molar-refractivity contribution is -0.114. The van der Waals surface area contributed by atoms with Crippen molar-refractivity contribution in [1.29, 1.82) is 0 Å². The summed E-state index contributed by atoms with van der Waals surface area (Å²) in [6.45, 7) is 2.06. The van der Waals surface area contributed by atoms with Crippen molar-refractivity contribution >= 4 is 44.7 Å². The summed E-state index contributed by atoms with van der Waals surface area (Å²) in [7, 11) is 0. The zero-order valence-electron chi connectivity index (χ0n) is 17.1. The number of anilines is 2. The van der Waals surface area contributed by atoms with E-state index in [1.165, 1.54) is 6.92 Å². The Labute approximate surface area is 184 Å². The Hall–Kier alpha value is -3.58. The van der Waals surface area contributed by atoms with Gasteiger partial charge in [0.2, 0.25) is 5.91 Å². The number of aromatic nitrogens is 2. The van der Waals surface area contributed by atoms with E-state index in [2.05, 4.69) is 38.1 Å². The molecule has 6 nitrogen and oxygen atoms in total. The Morgan fingerprint density at radius 1 is 1.03 bits per heavy atom. The van der Waals surface area contributed by atoms with Crippen molar-refractivity contribution in [2.75, 3.05) is 17.2 Å². The van der Waals surface area contributed by atoms with Gasteiger partial charge in [-0.2, -0.15) is 0 Å². The number of nitrogens with zero attached hydrogens (tertiary/aromatic N) is 2. The van der Waals surface area contributed by atoms with Crippen LogP contribution in [-0.2, 0) is 4.79 Å². The normalized spacial score (nSPS) is 10.7. The van der Waals surface area contributed by atoms with Gasteiger partial charge in [0.25, 0.3) is 0 Å². The van der Waals surface area contributed by atoms with E-state index in [0.717, 1.165) is 27.2 Å². The lowest BCUT2D eigenvalue weighted by atomic mass is 10.1. The van der Waals surface area contributed by atoms with Crippen LogP contribution in [0.4, 0.5) is 11.5 Å². The van der Waals surface area contributed by atoms with Crippen LogP contribution in [0.1, 0.15) is 30.1 Å². The van der Waals surface area contributed by atoms with Crippen molar-refractivity contribution in [3.8, 4) is 11.1 Å². The number of carbonyl (C=O) groups excluding carboxylic acids is 2. The highest BCUT2D eigenvalue weighted by Crippen LogP contribution is 2.36. The summed E-state index contributed by atoms with van der Waals surface area (Å²) >= 11 is 1.59. The van der Waals surface area contributed by atoms with Crippen molar-refractivity contribution in [2.45, 2.75) is 19.8 Å². The predicted molar refractivity (Wildman–Crippen MR) is 126 cm³/mol. The SMILES string of the molecule is CC(=O)Nc1cccc(C(=O)CCCNc2ncnc3scc(-c4ccccc4)c23)c1. The molecule has 0 saturated heterocycles. The van der Waals surface area contributed by atoms with Gasteiger partial charge in [-0.05, 0) is 24.1 Å². The third-order valence-corrected chi connectivity index (χ3v) is 5.72. The number of hydrogen-bond acceptors (Lipinski definition) is 6. The van der Waals surface area contributed by atoms with E-state index in [4.69, 9.17) is 0 Å². The molecule has 0 bridgehead atoms. The van der Waals surface area contributed by atoms with Gasteiger partial charge in [-0.1, -0.05) is 42.5 Å². The van der Waals surface area contributed by atoms with Gasteiger partial charge in [0.1, 0.15) is 17.0 Å². The minimum absolute atomic E-state index is 0.0438. The van der Waals surface area contributed by atoms with Crippen LogP contribution >= 0.6 is 11.3 Å². The molecule has 2 heterocycles. The Bertz CT molecular complexity index is 1220. The summed E-state index contributed by atoms with van der Waals surface area (Å²) in [5.41, 5.74) is 3.46. The first kappa shape index (κ1) is 20.7. The molecule has 4 rings (SSSR count). The fourth-order valence-electron chi connectivity index (χ4n) is 3.41. The maximum atomic E-state index is 12.5. The van der Waals surface area contributed by atoms with Crippen molar-refractivity contribution < 1.29 is 9.59 Å². The maximum Gasteiger partial charge on any atom is 0.221 e. The van der Waals surface area contributed by atoms with Gasteiger partial charge in [-0.25, -0.2) is 9.97 Å². The molecule has 156 valence electrons. The zero-order chi connectivity index (χ0) is 21.6. The largest absolute Gasteiger partial charge is 0.369 e. The summed E-state index contributed by atoms with van der Waals surface area (Å²) in [6, 6.07) is 17.2. The highest BCUT2D eigenvalue weighted by Gasteiger charge is 2.13. The summed E-state index contributed by atoms with van der Waals surface area (Å²) < 4.78 is 0. The third-order valence-electron chi connectivity index (χ3n) is 4.83. The first-order valence-electron chi connectivity index (χ1n) is 10.0. The molecule has 0 aliphatic heterocycles. The quantitative estimate of drug-likeness (QED) is 0.289. The van der Waals surface area contributed by atoms with Crippen LogP contribution in [-0.4, -0.2) is 28.2 Å². The Kier molecular flexibility index (Phi) is 6.33. The summed E-state index contributed by atoms with van der Waals surface area (Å²) in [5.74, 6) is 0.667. The van der Waals surface area contributed by atoms with E-state index in [1.807, 2.05) is 18.2 Å². The Morgan fingerprint density at radius 3 is 2.68 bits per heavy atom. The predicted octanol–water partition coefficient (Wildman–Crippen LogP) is 5.39. The minimum atomic E-state index is -0.159. The molecular weight excluding hydrogens is 408 g/mol. The fourth-order valence-corrected chi connectivity index (χ4v) is 4.33. The molecule has 0 spiro atoms. The van der Waals surface area contributed by atoms with Crippen LogP contribution in [0.15, 0.2) is 66.3 Å². The lowest BCUT2D eigenvalue weighted by Crippen LogP contribution is -2.09. The standard InChI is InChI=1S/C24H22N4O2S/c1-16(29)28-19-10-5-9-18(13-19)21(30)11-6-12-25-23-22-20(17-7-3-2-4-8-17)14-31-24(22)27-15-26-23/h2-5,7-10,13-15H,6,11-12H2,1H3,(H,28,29)(H,25,26,27). The second-order valence-corrected chi connectivity index (χ2v) is 7.99. The molecule has 0 saturated carbocycles. The van der Waals surface area contributed by atoms with Crippen molar-refractivity contribution in [1.82, 2.24) is 9.97 Å². The Balaban J connectivity index is 1.41. The van der Waals surface area contributed by atoms with Gasteiger partial charge in [-0.3, -0.25) is 9.59 Å². The molecular formula is C24H22N4O2S. The molecule has 0 unspecified atom stereocenters. The molecule has 2 aromatic heterocycles. The monoisotopic (exact) mass is 430 g/mol. The van der Waals surface area contributed by atoms with Crippen LogP contribution in [0.2, 0.25) is 0 Å². The van der Waals surface area contributed by atoms with Gasteiger partial charge >= 0.3 is 0 Å². The van der Waals surface area contributed by atoms with Crippen LogP contribution in [0, 0.1) is 0 Å². The van der Waals surface area contributed by atoms with E-state index < -0.39 is 0 Å². The van der Waals surface area contributed by atoms with Crippen LogP contribution in [0.3, 0.4) is 0 Å². The van der Waals surface area contributed by atoms with E-state index >= 15 is 0 Å². The molecule has 0 aliphatic carbocycles. The van der Waals surface area contributed by atoms with Crippen LogP contribution in [0.5, 0.6) is 0 Å². The fraction of sp³-hybridized carbons (Fsp3) is 0.167. The number of carbonyl (C=O) groups is 2. The number of benzene rings is 2. The number of fused-ring (bicyclic) bond motifs is 1. The van der Waals surface area contributed by atoms with Gasteiger partial charge in [-0.15, -0.1) is 11.3 Å². The highest BCUT2D eigenvalue weighted by molar-refractivity contribution is 7.17. The van der Waals surface area contributed by atoms with E-state index in [-0.39, 0.29) is 11.7 Å². The highest BCUT2D eigenvalue weighted by atomic mass is 32.1. The Morgan fingerprint density at radius 2 is 1.87 bits per heavy atom. The molecule has 4 aromatic rings. The number of thiophene rings is 1. The molecule has 7 heteroatoms. The molecule has 2 aromatic carbocycles. The number of nitrogens with one attached hydrogen (secondary N) is 2. The van der Waals surface area contributed by atoms with Gasteiger partial charge < -0.3 is 10.6 Å². The van der Waals surface area contributed by atoms with Crippen LogP contribution in [0.25, 0.3) is 21.3 Å². The number of amides is 1. The second kappa shape index (κ2) is 9.49. The number of ketones is 1. The van der Waals surface area contributed by atoms with Crippen molar-refractivity contribution in [3.05, 3.63) is 71.9 Å². The number of Topliss-reactive ketones (excluding diaryl/α,β-unsaturated/α-hetero) is 1. The van der Waals surface area contributed by atoms with Crippen molar-refractivity contribution in [3.63, 3.8) is 0 Å². The molecule has 0 aliphatic rings. The number of hydrogen-bond donors (Lipinski definition) is 2. The van der Waals surface area contributed by atoms with E-state index in [9.17, 15) is 9.59 Å². The molecule has 31 heavy (non-hydrogen) atoms. The summed E-state index contributed by atoms with van der Waals surface area (Å²) in [4.78, 5) is 33.5. The average molecular weight is 431 g/mol. The van der Waals surface area contributed by atoms with Gasteiger partial charge in [0.05, 0.1) is 5.39 Å². The molecule has 0 atom stereocenters. The second-order valence-electron chi connectivity index (χ2n) is 7.13. The third kappa shape index (κ3) is 4.95. The molecule has 0 radical (unpaired) electrons. The maximum absolute atomic E-state index is 12.5. The molecule has 1 amide bonds. The lowest BCUT2D eigenvalue weighted by Gasteiger charge is -2.09. The minimum Gasteiger partial charge on any atom is -0.369 e. The first-order chi connectivity index (χ1) is 15.1. The topological polar surface area (TPSA) is 84.0 Å². The zero-order valence-corrected chi connectivity index (χ0v) is 17.9. The average Bonchev–Trinajstić information content (AvgIpc) is 3.22. The summed E-state index contributed by atoms with van der Waals surface area (Å²) in [5, 5.41) is 9.19. The van der Waals surface area contributed by atoms with Crippen molar-refractivity contribution in [2.24, 2.45) is 0 Å².